The number of benzene rings is 1. The zero-order valence-electron chi connectivity index (χ0n) is 12.2. The van der Waals surface area contributed by atoms with Crippen LogP contribution in [0.15, 0.2) is 22.6 Å². The molecule has 0 radical (unpaired) electrons. The Hall–Kier alpha value is -1.63. The lowest BCUT2D eigenvalue weighted by atomic mass is 10.3. The maximum absolute atomic E-state index is 9.03. The van der Waals surface area contributed by atoms with Gasteiger partial charge >= 0.3 is 0 Å². The number of aromatic nitrogens is 1. The van der Waals surface area contributed by atoms with Gasteiger partial charge in [0.1, 0.15) is 5.52 Å². The van der Waals surface area contributed by atoms with Gasteiger partial charge in [-0.15, -0.1) is 0 Å². The summed E-state index contributed by atoms with van der Waals surface area (Å²) in [6.45, 7) is 5.70. The van der Waals surface area contributed by atoms with Gasteiger partial charge in [0.05, 0.1) is 18.8 Å². The van der Waals surface area contributed by atoms with Crippen molar-refractivity contribution in [3.05, 3.63) is 24.1 Å². The van der Waals surface area contributed by atoms with Crippen molar-refractivity contribution < 1.29 is 9.52 Å². The van der Waals surface area contributed by atoms with E-state index in [-0.39, 0.29) is 6.61 Å². The highest BCUT2D eigenvalue weighted by molar-refractivity contribution is 5.85. The maximum Gasteiger partial charge on any atom is 0.209 e. The van der Waals surface area contributed by atoms with Crippen molar-refractivity contribution in [3.8, 4) is 0 Å². The van der Waals surface area contributed by atoms with Crippen LogP contribution in [0.1, 0.15) is 12.3 Å². The smallest absolute Gasteiger partial charge is 0.209 e. The molecule has 2 aromatic rings. The number of anilines is 1. The van der Waals surface area contributed by atoms with Crippen LogP contribution in [0.5, 0.6) is 0 Å². The van der Waals surface area contributed by atoms with Gasteiger partial charge in [0.15, 0.2) is 5.58 Å². The number of aliphatic hydroxyl groups excluding tert-OH is 1. The molecule has 114 valence electrons. The largest absolute Gasteiger partial charge is 0.439 e. The molecule has 0 atom stereocenters. The van der Waals surface area contributed by atoms with E-state index in [0.717, 1.165) is 56.1 Å². The number of para-hydroxylation sites is 1. The quantitative estimate of drug-likeness (QED) is 0.815. The summed E-state index contributed by atoms with van der Waals surface area (Å²) in [5.41, 5.74) is 8.08. The summed E-state index contributed by atoms with van der Waals surface area (Å²) in [5, 5.41) is 9.03. The monoisotopic (exact) mass is 290 g/mol. The van der Waals surface area contributed by atoms with Gasteiger partial charge in [-0.2, -0.15) is 0 Å². The third-order valence-corrected chi connectivity index (χ3v) is 3.95. The Morgan fingerprint density at radius 3 is 2.81 bits per heavy atom. The highest BCUT2D eigenvalue weighted by Gasteiger charge is 2.17. The fourth-order valence-corrected chi connectivity index (χ4v) is 2.82. The van der Waals surface area contributed by atoms with Crippen molar-refractivity contribution in [3.63, 3.8) is 0 Å². The number of nitrogens with zero attached hydrogens (tertiary/aromatic N) is 3. The molecule has 0 saturated carbocycles. The fourth-order valence-electron chi connectivity index (χ4n) is 2.82. The lowest BCUT2D eigenvalue weighted by Crippen LogP contribution is -2.32. The Morgan fingerprint density at radius 2 is 2.00 bits per heavy atom. The highest BCUT2D eigenvalue weighted by Crippen LogP contribution is 2.22. The summed E-state index contributed by atoms with van der Waals surface area (Å²) < 4.78 is 5.78. The molecule has 3 rings (SSSR count). The molecule has 1 saturated heterocycles. The summed E-state index contributed by atoms with van der Waals surface area (Å²) in [7, 11) is 0. The van der Waals surface area contributed by atoms with Crippen molar-refractivity contribution in [1.82, 2.24) is 14.8 Å². The van der Waals surface area contributed by atoms with Crippen LogP contribution in [0.4, 0.5) is 5.69 Å². The van der Waals surface area contributed by atoms with Crippen molar-refractivity contribution in [2.45, 2.75) is 13.0 Å². The van der Waals surface area contributed by atoms with Crippen molar-refractivity contribution in [2.24, 2.45) is 0 Å². The number of rotatable bonds is 4. The standard InChI is InChI=1S/C15H22N4O2/c16-12-3-1-4-13-15(12)17-14(21-13)11-19-6-2-5-18(7-8-19)9-10-20/h1,3-4,20H,2,5-11,16H2. The molecule has 1 aromatic heterocycles. The summed E-state index contributed by atoms with van der Waals surface area (Å²) in [6.07, 6.45) is 1.10. The Balaban J connectivity index is 1.66. The van der Waals surface area contributed by atoms with E-state index in [1.54, 1.807) is 0 Å². The first kappa shape index (κ1) is 14.3. The Bertz CT molecular complexity index is 598. The third kappa shape index (κ3) is 3.34. The maximum atomic E-state index is 9.03. The zero-order chi connectivity index (χ0) is 14.7. The molecule has 0 aliphatic carbocycles. The number of aliphatic hydroxyl groups is 1. The number of nitrogen functional groups attached to an aromatic ring is 1. The molecular formula is C15H22N4O2. The minimum atomic E-state index is 0.227. The van der Waals surface area contributed by atoms with Crippen molar-refractivity contribution in [1.29, 1.82) is 0 Å². The molecule has 0 bridgehead atoms. The molecule has 1 fully saturated rings. The molecule has 0 spiro atoms. The van der Waals surface area contributed by atoms with E-state index >= 15 is 0 Å². The number of oxazole rings is 1. The molecule has 1 aliphatic heterocycles. The molecule has 2 heterocycles. The van der Waals surface area contributed by atoms with E-state index in [1.807, 2.05) is 18.2 Å². The van der Waals surface area contributed by atoms with Gasteiger partial charge in [-0.25, -0.2) is 4.98 Å². The fraction of sp³-hybridized carbons (Fsp3) is 0.533. The van der Waals surface area contributed by atoms with Crippen molar-refractivity contribution in [2.75, 3.05) is 45.1 Å². The summed E-state index contributed by atoms with van der Waals surface area (Å²) in [5.74, 6) is 0.721. The lowest BCUT2D eigenvalue weighted by molar-refractivity contribution is 0.193. The van der Waals surface area contributed by atoms with Crippen LogP contribution in [0.2, 0.25) is 0 Å². The summed E-state index contributed by atoms with van der Waals surface area (Å²) in [6, 6.07) is 5.62. The molecule has 0 unspecified atom stereocenters. The number of fused-ring (bicyclic) bond motifs is 1. The van der Waals surface area contributed by atoms with E-state index in [1.165, 1.54) is 0 Å². The number of nitrogens with two attached hydrogens (primary N) is 1. The van der Waals surface area contributed by atoms with Gasteiger partial charge in [0.25, 0.3) is 0 Å². The van der Waals surface area contributed by atoms with E-state index < -0.39 is 0 Å². The van der Waals surface area contributed by atoms with Gasteiger partial charge in [0, 0.05) is 19.6 Å². The third-order valence-electron chi connectivity index (χ3n) is 3.95. The number of β-amino-alcohol motifs (C(OH)–C–C–N with tert-alkyl or cyclic N) is 1. The van der Waals surface area contributed by atoms with Gasteiger partial charge in [-0.1, -0.05) is 6.07 Å². The van der Waals surface area contributed by atoms with Crippen LogP contribution in [0, 0.1) is 0 Å². The van der Waals surface area contributed by atoms with Crippen LogP contribution in [0.25, 0.3) is 11.1 Å². The van der Waals surface area contributed by atoms with Gasteiger partial charge < -0.3 is 15.3 Å². The highest BCUT2D eigenvalue weighted by atomic mass is 16.3. The minimum absolute atomic E-state index is 0.227. The molecule has 1 aromatic carbocycles. The molecule has 1 aliphatic rings. The van der Waals surface area contributed by atoms with E-state index in [2.05, 4.69) is 14.8 Å². The second-order valence-corrected chi connectivity index (χ2v) is 5.50. The van der Waals surface area contributed by atoms with E-state index in [4.69, 9.17) is 15.3 Å². The predicted octanol–water partition coefficient (Wildman–Crippen LogP) is 0.910. The van der Waals surface area contributed by atoms with Crippen LogP contribution in [0.3, 0.4) is 0 Å². The zero-order valence-corrected chi connectivity index (χ0v) is 12.2. The summed E-state index contributed by atoms with van der Waals surface area (Å²) >= 11 is 0. The minimum Gasteiger partial charge on any atom is -0.439 e. The van der Waals surface area contributed by atoms with E-state index in [0.29, 0.717) is 12.2 Å². The molecule has 6 heteroatoms. The Kier molecular flexibility index (Phi) is 4.38. The topological polar surface area (TPSA) is 78.8 Å². The Labute approximate surface area is 124 Å². The first-order valence-electron chi connectivity index (χ1n) is 7.46. The number of hydrogen-bond acceptors (Lipinski definition) is 6. The van der Waals surface area contributed by atoms with Gasteiger partial charge in [0.2, 0.25) is 5.89 Å². The van der Waals surface area contributed by atoms with E-state index in [9.17, 15) is 0 Å². The van der Waals surface area contributed by atoms with Crippen LogP contribution in [-0.2, 0) is 6.54 Å². The van der Waals surface area contributed by atoms with Gasteiger partial charge in [-0.05, 0) is 31.6 Å². The van der Waals surface area contributed by atoms with Crippen LogP contribution >= 0.6 is 0 Å². The van der Waals surface area contributed by atoms with Crippen LogP contribution < -0.4 is 5.73 Å². The SMILES string of the molecule is Nc1cccc2oc(CN3CCCN(CCO)CC3)nc12. The lowest BCUT2D eigenvalue weighted by Gasteiger charge is -2.19. The first-order chi connectivity index (χ1) is 10.3. The van der Waals surface area contributed by atoms with Crippen LogP contribution in [-0.4, -0.2) is 59.2 Å². The summed E-state index contributed by atoms with van der Waals surface area (Å²) in [4.78, 5) is 9.15. The normalized spacial score (nSPS) is 18.1. The molecular weight excluding hydrogens is 268 g/mol. The van der Waals surface area contributed by atoms with Crippen molar-refractivity contribution >= 4 is 16.8 Å². The number of hydrogen-bond donors (Lipinski definition) is 2. The Morgan fingerprint density at radius 1 is 1.19 bits per heavy atom. The predicted molar refractivity (Wildman–Crippen MR) is 81.8 cm³/mol. The average molecular weight is 290 g/mol. The molecule has 3 N–H and O–H groups in total. The second kappa shape index (κ2) is 6.43. The second-order valence-electron chi connectivity index (χ2n) is 5.50. The average Bonchev–Trinajstić information content (AvgIpc) is 2.76. The van der Waals surface area contributed by atoms with Gasteiger partial charge in [-0.3, -0.25) is 9.80 Å². The molecule has 21 heavy (non-hydrogen) atoms. The molecule has 0 amide bonds. The molecule has 6 nitrogen and oxygen atoms in total. The first-order valence-corrected chi connectivity index (χ1v) is 7.46.